The van der Waals surface area contributed by atoms with Crippen LogP contribution in [0.2, 0.25) is 0 Å². The molecule has 0 bridgehead atoms. The second-order valence-electron chi connectivity index (χ2n) is 6.86. The molecule has 0 saturated carbocycles. The Morgan fingerprint density at radius 1 is 1.11 bits per heavy atom. The first kappa shape index (κ1) is 29.6. The molecule has 2 aromatic rings. The van der Waals surface area contributed by atoms with Gasteiger partial charge in [-0.2, -0.15) is 0 Å². The van der Waals surface area contributed by atoms with Gasteiger partial charge >= 0.3 is 5.97 Å². The van der Waals surface area contributed by atoms with Crippen LogP contribution >= 0.6 is 0 Å². The summed E-state index contributed by atoms with van der Waals surface area (Å²) in [7, 11) is 0. The number of hydrogen-bond donors (Lipinski definition) is 1. The quantitative estimate of drug-likeness (QED) is 0.200. The molecule has 1 unspecified atom stereocenters. The summed E-state index contributed by atoms with van der Waals surface area (Å²) in [6, 6.07) is 2.27. The molecule has 1 N–H and O–H groups in total. The van der Waals surface area contributed by atoms with Gasteiger partial charge in [-0.15, -0.1) is 0 Å². The maximum absolute atomic E-state index is 11.6. The van der Waals surface area contributed by atoms with E-state index in [-0.39, 0.29) is 49.2 Å². The summed E-state index contributed by atoms with van der Waals surface area (Å²) < 4.78 is 35.1. The van der Waals surface area contributed by atoms with E-state index in [2.05, 4.69) is 0 Å². The second-order valence-corrected chi connectivity index (χ2v) is 6.86. The predicted molar refractivity (Wildman–Crippen MR) is 124 cm³/mol. The average molecular weight is 497 g/mol. The number of aromatic hydroxyl groups is 1. The van der Waals surface area contributed by atoms with Gasteiger partial charge < -0.3 is 37.6 Å². The van der Waals surface area contributed by atoms with Crippen molar-refractivity contribution in [3.8, 4) is 17.4 Å². The topological polar surface area (TPSA) is 144 Å². The first-order valence-corrected chi connectivity index (χ1v) is 10.9. The van der Waals surface area contributed by atoms with Crippen LogP contribution < -0.4 is 20.3 Å². The molecule has 0 spiro atoms. The van der Waals surface area contributed by atoms with Crippen molar-refractivity contribution in [1.29, 1.82) is 0 Å². The number of hydrogen-bond acceptors (Lipinski definition) is 11. The molecule has 11 nitrogen and oxygen atoms in total. The third-order valence-electron chi connectivity index (χ3n) is 4.18. The average Bonchev–Trinajstić information content (AvgIpc) is 2.83. The van der Waals surface area contributed by atoms with Gasteiger partial charge in [-0.3, -0.25) is 14.4 Å². The number of aryl methyl sites for hydroxylation is 2. The molecule has 0 aromatic carbocycles. The highest BCUT2D eigenvalue weighted by Crippen LogP contribution is 2.19. The van der Waals surface area contributed by atoms with E-state index in [9.17, 15) is 19.5 Å². The smallest absolute Gasteiger partial charge is 0.318 e. The number of allylic oxidation sites excluding steroid dienone is 1. The molecule has 0 aliphatic rings. The standard InChI is InChI=1S/C12H18O7.C12H14O4/c1-3-10-12(14)9(13)5-11(19-10)18-8-17-7-16-6-15-4-2;1-4-5-8(2)12(14)16-11-9(3)15-7-6-10(11)13/h5,14H,3-4,6-8H2,1-2H3;4-8H,1-3H3/b;5-4-. The number of carbonyl (C=O) groups is 1. The molecule has 2 rings (SSSR count). The van der Waals surface area contributed by atoms with Crippen LogP contribution in [0.3, 0.4) is 0 Å². The molecule has 0 amide bonds. The van der Waals surface area contributed by atoms with E-state index in [1.54, 1.807) is 32.9 Å². The van der Waals surface area contributed by atoms with E-state index < -0.39 is 17.1 Å². The van der Waals surface area contributed by atoms with Crippen molar-refractivity contribution in [1.82, 2.24) is 0 Å². The van der Waals surface area contributed by atoms with E-state index >= 15 is 0 Å². The SMILES string of the molecule is C/C=C\C(C)C(=O)Oc1c(C)occc1=O.CCOCOCOCOc1cc(=O)c(O)c(CC)o1. The Labute approximate surface area is 202 Å². The van der Waals surface area contributed by atoms with Crippen LogP contribution in [0.1, 0.15) is 39.2 Å². The Kier molecular flexibility index (Phi) is 13.8. The first-order chi connectivity index (χ1) is 16.7. The van der Waals surface area contributed by atoms with E-state index in [0.29, 0.717) is 18.8 Å². The predicted octanol–water partition coefficient (Wildman–Crippen LogP) is 3.29. The lowest BCUT2D eigenvalue weighted by Gasteiger charge is -2.08. The Hall–Kier alpha value is -3.41. The molecule has 35 heavy (non-hydrogen) atoms. The van der Waals surface area contributed by atoms with Crippen LogP contribution in [0.25, 0.3) is 0 Å². The van der Waals surface area contributed by atoms with Crippen molar-refractivity contribution in [2.24, 2.45) is 5.92 Å². The fourth-order valence-corrected chi connectivity index (χ4v) is 2.38. The molecule has 0 aliphatic heterocycles. The minimum absolute atomic E-state index is 0.00293. The van der Waals surface area contributed by atoms with Crippen molar-refractivity contribution >= 4 is 5.97 Å². The van der Waals surface area contributed by atoms with Crippen LogP contribution in [-0.2, 0) is 25.4 Å². The number of esters is 1. The Bertz CT molecular complexity index is 1050. The van der Waals surface area contributed by atoms with Gasteiger partial charge in [0.1, 0.15) is 12.6 Å². The van der Waals surface area contributed by atoms with Crippen molar-refractivity contribution in [3.63, 3.8) is 0 Å². The van der Waals surface area contributed by atoms with Gasteiger partial charge in [0.05, 0.1) is 18.2 Å². The zero-order chi connectivity index (χ0) is 26.2. The summed E-state index contributed by atoms with van der Waals surface area (Å²) in [6.45, 7) is 9.26. The third kappa shape index (κ3) is 10.6. The van der Waals surface area contributed by atoms with E-state index in [1.807, 2.05) is 13.8 Å². The van der Waals surface area contributed by atoms with Gasteiger partial charge in [0, 0.05) is 19.1 Å². The molecule has 0 saturated heterocycles. The number of ether oxygens (including phenoxy) is 5. The molecule has 0 fully saturated rings. The van der Waals surface area contributed by atoms with Crippen LogP contribution in [0.15, 0.2) is 49.0 Å². The van der Waals surface area contributed by atoms with Gasteiger partial charge in [-0.05, 0) is 27.7 Å². The zero-order valence-corrected chi connectivity index (χ0v) is 20.5. The Morgan fingerprint density at radius 3 is 2.43 bits per heavy atom. The molecular weight excluding hydrogens is 464 g/mol. The van der Waals surface area contributed by atoms with Gasteiger partial charge in [0.2, 0.25) is 22.4 Å². The first-order valence-electron chi connectivity index (χ1n) is 10.9. The fourth-order valence-electron chi connectivity index (χ4n) is 2.38. The molecule has 2 aromatic heterocycles. The lowest BCUT2D eigenvalue weighted by molar-refractivity contribution is -0.153. The highest BCUT2D eigenvalue weighted by molar-refractivity contribution is 5.76. The van der Waals surface area contributed by atoms with Crippen molar-refractivity contribution in [2.45, 2.75) is 41.0 Å². The van der Waals surface area contributed by atoms with Crippen molar-refractivity contribution in [2.75, 3.05) is 27.0 Å². The highest BCUT2D eigenvalue weighted by atomic mass is 16.8. The van der Waals surface area contributed by atoms with Crippen LogP contribution in [0.4, 0.5) is 0 Å². The van der Waals surface area contributed by atoms with Crippen LogP contribution in [-0.4, -0.2) is 38.1 Å². The van der Waals surface area contributed by atoms with Crippen LogP contribution in [0, 0.1) is 12.8 Å². The van der Waals surface area contributed by atoms with E-state index in [0.717, 1.165) is 6.07 Å². The minimum Gasteiger partial charge on any atom is -0.502 e. The molecule has 194 valence electrons. The molecular formula is C24H32O11. The van der Waals surface area contributed by atoms with Gasteiger partial charge in [-0.25, -0.2) is 0 Å². The van der Waals surface area contributed by atoms with Crippen molar-refractivity contribution in [3.05, 3.63) is 62.5 Å². The highest BCUT2D eigenvalue weighted by Gasteiger charge is 2.16. The van der Waals surface area contributed by atoms with Crippen LogP contribution in [0.5, 0.6) is 17.4 Å². The zero-order valence-electron chi connectivity index (χ0n) is 20.5. The largest absolute Gasteiger partial charge is 0.502 e. The summed E-state index contributed by atoms with van der Waals surface area (Å²) in [4.78, 5) is 34.3. The third-order valence-corrected chi connectivity index (χ3v) is 4.18. The van der Waals surface area contributed by atoms with Gasteiger partial charge in [0.25, 0.3) is 5.95 Å². The molecule has 1 atom stereocenters. The van der Waals surface area contributed by atoms with Gasteiger partial charge in [0.15, 0.2) is 19.3 Å². The number of rotatable bonds is 12. The monoisotopic (exact) mass is 496 g/mol. The summed E-state index contributed by atoms with van der Waals surface area (Å²) in [5, 5.41) is 9.39. The van der Waals surface area contributed by atoms with Gasteiger partial charge in [-0.1, -0.05) is 19.1 Å². The Balaban J connectivity index is 0.000000355. The van der Waals surface area contributed by atoms with Crippen molar-refractivity contribution < 1.29 is 42.4 Å². The normalized spacial score (nSPS) is 11.6. The van der Waals surface area contributed by atoms with E-state index in [4.69, 9.17) is 32.5 Å². The molecule has 0 radical (unpaired) electrons. The lowest BCUT2D eigenvalue weighted by atomic mass is 10.2. The summed E-state index contributed by atoms with van der Waals surface area (Å²) in [5.74, 6) is -0.823. The number of carbonyl (C=O) groups excluding carboxylic acids is 1. The minimum atomic E-state index is -0.550. The lowest BCUT2D eigenvalue weighted by Crippen LogP contribution is -2.20. The second kappa shape index (κ2) is 16.3. The summed E-state index contributed by atoms with van der Waals surface area (Å²) in [6.07, 6.45) is 5.11. The van der Waals surface area contributed by atoms with E-state index in [1.165, 1.54) is 12.3 Å². The molecule has 2 heterocycles. The summed E-state index contributed by atoms with van der Waals surface area (Å²) >= 11 is 0. The maximum atomic E-state index is 11.6. The molecule has 11 heteroatoms. The Morgan fingerprint density at radius 2 is 1.80 bits per heavy atom. The molecule has 0 aliphatic carbocycles. The fraction of sp³-hybridized carbons (Fsp3) is 0.458. The maximum Gasteiger partial charge on any atom is 0.318 e. The summed E-state index contributed by atoms with van der Waals surface area (Å²) in [5.41, 5.74) is -0.907.